The maximum absolute atomic E-state index is 12.5. The Kier molecular flexibility index (Phi) is 5.24. The van der Waals surface area contributed by atoms with Crippen molar-refractivity contribution < 1.29 is 9.59 Å². The summed E-state index contributed by atoms with van der Waals surface area (Å²) in [7, 11) is 3.89. The van der Waals surface area contributed by atoms with E-state index in [1.807, 2.05) is 38.9 Å². The van der Waals surface area contributed by atoms with Gasteiger partial charge in [-0.15, -0.1) is 11.3 Å². The van der Waals surface area contributed by atoms with E-state index in [4.69, 9.17) is 0 Å². The molecule has 8 heteroatoms. The topological polar surface area (TPSA) is 74.3 Å². The summed E-state index contributed by atoms with van der Waals surface area (Å²) < 4.78 is 1.00. The summed E-state index contributed by atoms with van der Waals surface area (Å²) in [5.41, 5.74) is 1.21. The first kappa shape index (κ1) is 18.3. The molecule has 0 saturated heterocycles. The lowest BCUT2D eigenvalue weighted by molar-refractivity contribution is 0.0942. The molecule has 1 aromatic carbocycles. The zero-order valence-corrected chi connectivity index (χ0v) is 16.6. The van der Waals surface area contributed by atoms with E-state index in [-0.39, 0.29) is 17.9 Å². The second kappa shape index (κ2) is 7.43. The third-order valence-corrected chi connectivity index (χ3v) is 5.84. The number of carbonyl (C=O) groups is 2. The number of carbonyl (C=O) groups excluding carboxylic acids is 2. The van der Waals surface area contributed by atoms with Crippen LogP contribution in [-0.4, -0.2) is 36.9 Å². The number of hydrogen-bond donors (Lipinski definition) is 2. The molecule has 0 aliphatic heterocycles. The largest absolute Gasteiger partial charge is 0.354 e. The molecular weight excluding hydrogens is 368 g/mol. The van der Waals surface area contributed by atoms with Crippen LogP contribution in [-0.2, 0) is 0 Å². The molecule has 0 atom stereocenters. The number of hydrogen-bond acceptors (Lipinski definition) is 6. The molecule has 2 amide bonds. The van der Waals surface area contributed by atoms with E-state index in [9.17, 15) is 9.59 Å². The summed E-state index contributed by atoms with van der Waals surface area (Å²) in [5, 5.41) is 6.62. The highest BCUT2D eigenvalue weighted by Crippen LogP contribution is 2.34. The zero-order chi connectivity index (χ0) is 18.8. The molecule has 136 valence electrons. The van der Waals surface area contributed by atoms with E-state index < -0.39 is 0 Å². The van der Waals surface area contributed by atoms with Crippen molar-refractivity contribution in [2.24, 2.45) is 0 Å². The van der Waals surface area contributed by atoms with Crippen LogP contribution in [0.4, 0.5) is 10.8 Å². The second-order valence-electron chi connectivity index (χ2n) is 6.33. The van der Waals surface area contributed by atoms with Gasteiger partial charge in [0, 0.05) is 31.4 Å². The van der Waals surface area contributed by atoms with Gasteiger partial charge in [0.15, 0.2) is 5.13 Å². The molecular formula is C18H20N4O2S2. The van der Waals surface area contributed by atoms with Crippen molar-refractivity contribution in [3.05, 3.63) is 40.8 Å². The summed E-state index contributed by atoms with van der Waals surface area (Å²) in [5.74, 6) is -0.301. The molecule has 26 heavy (non-hydrogen) atoms. The Labute approximate surface area is 159 Å². The predicted octanol–water partition coefficient (Wildman–Crippen LogP) is 3.81. The summed E-state index contributed by atoms with van der Waals surface area (Å²) in [6, 6.07) is 8.80. The van der Waals surface area contributed by atoms with Gasteiger partial charge in [-0.1, -0.05) is 11.3 Å². The van der Waals surface area contributed by atoms with E-state index in [1.165, 1.54) is 11.3 Å². The standard InChI is InChI=1S/C18H20N4O2S2/c1-10(2)19-15(23)11-5-7-12(8-6-11)20-16(24)13-9-14-17(25-13)21-18(26-14)22(3)4/h5-10H,1-4H3,(H,19,23)(H,20,24). The number of rotatable bonds is 5. The summed E-state index contributed by atoms with van der Waals surface area (Å²) >= 11 is 2.93. The van der Waals surface area contributed by atoms with Crippen LogP contribution < -0.4 is 15.5 Å². The van der Waals surface area contributed by atoms with E-state index in [0.29, 0.717) is 16.1 Å². The fourth-order valence-electron chi connectivity index (χ4n) is 2.27. The number of thiazole rings is 1. The first-order valence-corrected chi connectivity index (χ1v) is 9.77. The predicted molar refractivity (Wildman–Crippen MR) is 109 cm³/mol. The highest BCUT2D eigenvalue weighted by molar-refractivity contribution is 7.29. The maximum Gasteiger partial charge on any atom is 0.265 e. The van der Waals surface area contributed by atoms with Crippen molar-refractivity contribution in [1.82, 2.24) is 10.3 Å². The summed E-state index contributed by atoms with van der Waals surface area (Å²) in [6.45, 7) is 3.82. The third kappa shape index (κ3) is 4.03. The number of fused-ring (bicyclic) bond motifs is 1. The van der Waals surface area contributed by atoms with Gasteiger partial charge in [-0.3, -0.25) is 9.59 Å². The van der Waals surface area contributed by atoms with Crippen LogP contribution in [0.5, 0.6) is 0 Å². The van der Waals surface area contributed by atoms with Gasteiger partial charge in [-0.25, -0.2) is 4.98 Å². The number of aromatic nitrogens is 1. The van der Waals surface area contributed by atoms with Crippen molar-refractivity contribution in [2.75, 3.05) is 24.3 Å². The van der Waals surface area contributed by atoms with Crippen molar-refractivity contribution in [3.8, 4) is 0 Å². The van der Waals surface area contributed by atoms with Crippen LogP contribution in [0.3, 0.4) is 0 Å². The highest BCUT2D eigenvalue weighted by Gasteiger charge is 2.15. The highest BCUT2D eigenvalue weighted by atomic mass is 32.1. The van der Waals surface area contributed by atoms with Gasteiger partial charge in [0.25, 0.3) is 11.8 Å². The number of amides is 2. The van der Waals surface area contributed by atoms with Gasteiger partial charge in [-0.2, -0.15) is 0 Å². The number of thiophene rings is 1. The Morgan fingerprint density at radius 3 is 2.35 bits per heavy atom. The van der Waals surface area contributed by atoms with E-state index in [0.717, 1.165) is 14.7 Å². The molecule has 0 saturated carbocycles. The van der Waals surface area contributed by atoms with E-state index in [1.54, 1.807) is 35.6 Å². The lowest BCUT2D eigenvalue weighted by Crippen LogP contribution is -2.29. The van der Waals surface area contributed by atoms with Gasteiger partial charge in [0.05, 0.1) is 9.58 Å². The molecule has 2 heterocycles. The van der Waals surface area contributed by atoms with Gasteiger partial charge >= 0.3 is 0 Å². The molecule has 2 N–H and O–H groups in total. The summed E-state index contributed by atoms with van der Waals surface area (Å²) in [4.78, 5) is 32.4. The Balaban J connectivity index is 1.69. The average Bonchev–Trinajstić information content (AvgIpc) is 3.13. The number of nitrogens with one attached hydrogen (secondary N) is 2. The van der Waals surface area contributed by atoms with Crippen molar-refractivity contribution >= 4 is 54.8 Å². The number of nitrogens with zero attached hydrogens (tertiary/aromatic N) is 2. The fourth-order valence-corrected chi connectivity index (χ4v) is 4.30. The Morgan fingerprint density at radius 1 is 1.08 bits per heavy atom. The lowest BCUT2D eigenvalue weighted by Gasteiger charge is -2.09. The molecule has 3 rings (SSSR count). The van der Waals surface area contributed by atoms with E-state index >= 15 is 0 Å². The summed E-state index contributed by atoms with van der Waals surface area (Å²) in [6.07, 6.45) is 0. The van der Waals surface area contributed by atoms with Crippen LogP contribution in [0.2, 0.25) is 0 Å². The monoisotopic (exact) mass is 388 g/mol. The average molecular weight is 389 g/mol. The zero-order valence-electron chi connectivity index (χ0n) is 15.0. The van der Waals surface area contributed by atoms with Crippen molar-refractivity contribution in [1.29, 1.82) is 0 Å². The fraction of sp³-hybridized carbons (Fsp3) is 0.278. The van der Waals surface area contributed by atoms with Crippen LogP contribution in [0, 0.1) is 0 Å². The minimum atomic E-state index is -0.175. The quantitative estimate of drug-likeness (QED) is 0.697. The van der Waals surface area contributed by atoms with E-state index in [2.05, 4.69) is 15.6 Å². The van der Waals surface area contributed by atoms with Crippen molar-refractivity contribution in [3.63, 3.8) is 0 Å². The van der Waals surface area contributed by atoms with Crippen LogP contribution in [0.25, 0.3) is 9.53 Å². The SMILES string of the molecule is CC(C)NC(=O)c1ccc(NC(=O)c2cc3sc(N(C)C)nc3s2)cc1. The Hall–Kier alpha value is -2.45. The molecule has 0 bridgehead atoms. The van der Waals surface area contributed by atoms with Crippen LogP contribution in [0.15, 0.2) is 30.3 Å². The van der Waals surface area contributed by atoms with Crippen LogP contribution in [0.1, 0.15) is 33.9 Å². The lowest BCUT2D eigenvalue weighted by atomic mass is 10.2. The second-order valence-corrected chi connectivity index (χ2v) is 8.37. The first-order chi connectivity index (χ1) is 12.3. The molecule has 6 nitrogen and oxygen atoms in total. The number of anilines is 2. The molecule has 0 radical (unpaired) electrons. The third-order valence-electron chi connectivity index (χ3n) is 3.51. The Bertz CT molecular complexity index is 910. The molecule has 0 spiro atoms. The smallest absolute Gasteiger partial charge is 0.265 e. The molecule has 0 unspecified atom stereocenters. The first-order valence-electron chi connectivity index (χ1n) is 8.13. The maximum atomic E-state index is 12.5. The van der Waals surface area contributed by atoms with Crippen LogP contribution >= 0.6 is 22.7 Å². The van der Waals surface area contributed by atoms with Gasteiger partial charge in [0.1, 0.15) is 4.83 Å². The van der Waals surface area contributed by atoms with Gasteiger partial charge < -0.3 is 15.5 Å². The molecule has 3 aromatic rings. The molecule has 2 aromatic heterocycles. The normalized spacial score (nSPS) is 11.0. The number of benzene rings is 1. The molecule has 0 aliphatic rings. The molecule has 0 fully saturated rings. The van der Waals surface area contributed by atoms with Gasteiger partial charge in [0.2, 0.25) is 0 Å². The molecule has 0 aliphatic carbocycles. The van der Waals surface area contributed by atoms with Crippen molar-refractivity contribution in [2.45, 2.75) is 19.9 Å². The Morgan fingerprint density at radius 2 is 1.77 bits per heavy atom. The minimum absolute atomic E-state index is 0.0798. The van der Waals surface area contributed by atoms with Gasteiger partial charge in [-0.05, 0) is 44.2 Å². The minimum Gasteiger partial charge on any atom is -0.354 e.